The van der Waals surface area contributed by atoms with Gasteiger partial charge in [0.2, 0.25) is 0 Å². The van der Waals surface area contributed by atoms with Gasteiger partial charge in [-0.15, -0.1) is 24.0 Å². The first-order valence-electron chi connectivity index (χ1n) is 9.30. The van der Waals surface area contributed by atoms with Crippen molar-refractivity contribution in [1.82, 2.24) is 20.2 Å². The lowest BCUT2D eigenvalue weighted by molar-refractivity contribution is 0.322. The fourth-order valence-electron chi connectivity index (χ4n) is 2.84. The first-order valence-corrected chi connectivity index (χ1v) is 9.30. The average molecular weight is 493 g/mol. The van der Waals surface area contributed by atoms with Gasteiger partial charge in [-0.2, -0.15) is 0 Å². The van der Waals surface area contributed by atoms with E-state index in [9.17, 15) is 0 Å². The fraction of sp³-hybridized carbons (Fsp3) is 0.333. The number of aromatic nitrogens is 2. The van der Waals surface area contributed by atoms with Crippen molar-refractivity contribution in [3.8, 4) is 5.75 Å². The van der Waals surface area contributed by atoms with Gasteiger partial charge in [-0.3, -0.25) is 4.99 Å². The minimum atomic E-state index is 0. The van der Waals surface area contributed by atoms with Crippen molar-refractivity contribution in [2.45, 2.75) is 19.9 Å². The summed E-state index contributed by atoms with van der Waals surface area (Å²) in [4.78, 5) is 8.67. The Morgan fingerprint density at radius 2 is 1.82 bits per heavy atom. The number of ether oxygens (including phenoxy) is 1. The minimum Gasteiger partial charge on any atom is -0.492 e. The van der Waals surface area contributed by atoms with Crippen LogP contribution in [0.25, 0.3) is 11.0 Å². The molecule has 28 heavy (non-hydrogen) atoms. The van der Waals surface area contributed by atoms with Gasteiger partial charge < -0.3 is 19.9 Å². The number of fused-ring (bicyclic) bond motifs is 1. The maximum Gasteiger partial charge on any atom is 0.191 e. The SMILES string of the molecule is CN=C(NCCCn1cnc2ccccc21)NCCOc1ccc(C)cc1.I. The summed E-state index contributed by atoms with van der Waals surface area (Å²) < 4.78 is 7.90. The third-order valence-corrected chi connectivity index (χ3v) is 4.30. The van der Waals surface area contributed by atoms with Crippen molar-refractivity contribution in [2.75, 3.05) is 26.7 Å². The molecule has 3 aromatic rings. The summed E-state index contributed by atoms with van der Waals surface area (Å²) in [5, 5.41) is 6.60. The molecule has 0 spiro atoms. The van der Waals surface area contributed by atoms with Gasteiger partial charge in [0.15, 0.2) is 5.96 Å². The average Bonchev–Trinajstić information content (AvgIpc) is 3.11. The van der Waals surface area contributed by atoms with Gasteiger partial charge in [0.25, 0.3) is 0 Å². The van der Waals surface area contributed by atoms with Crippen LogP contribution >= 0.6 is 24.0 Å². The van der Waals surface area contributed by atoms with E-state index in [-0.39, 0.29) is 24.0 Å². The smallest absolute Gasteiger partial charge is 0.191 e. The summed E-state index contributed by atoms with van der Waals surface area (Å²) >= 11 is 0. The Balaban J connectivity index is 0.00000280. The molecule has 2 aromatic carbocycles. The standard InChI is InChI=1S/C21H27N5O.HI/c1-17-8-10-18(11-9-17)27-15-13-24-21(22-2)23-12-5-14-26-16-25-19-6-3-4-7-20(19)26;/h3-4,6-11,16H,5,12-15H2,1-2H3,(H2,22,23,24);1H. The number of nitrogens with zero attached hydrogens (tertiary/aromatic N) is 3. The highest BCUT2D eigenvalue weighted by Crippen LogP contribution is 2.12. The molecular formula is C21H28IN5O. The van der Waals surface area contributed by atoms with E-state index < -0.39 is 0 Å². The maximum atomic E-state index is 5.72. The number of rotatable bonds is 8. The molecule has 6 nitrogen and oxygen atoms in total. The van der Waals surface area contributed by atoms with Crippen molar-refractivity contribution >= 4 is 41.0 Å². The highest BCUT2D eigenvalue weighted by molar-refractivity contribution is 14.0. The minimum absolute atomic E-state index is 0. The van der Waals surface area contributed by atoms with Crippen LogP contribution < -0.4 is 15.4 Å². The van der Waals surface area contributed by atoms with Gasteiger partial charge in [0.1, 0.15) is 12.4 Å². The zero-order chi connectivity index (χ0) is 18.9. The number of benzene rings is 2. The molecule has 0 amide bonds. The Kier molecular flexibility index (Phi) is 9.06. The second-order valence-electron chi connectivity index (χ2n) is 6.37. The Morgan fingerprint density at radius 3 is 2.61 bits per heavy atom. The van der Waals surface area contributed by atoms with Crippen LogP contribution in [-0.2, 0) is 6.54 Å². The number of imidazole rings is 1. The molecule has 150 valence electrons. The van der Waals surface area contributed by atoms with Gasteiger partial charge in [-0.05, 0) is 37.6 Å². The summed E-state index contributed by atoms with van der Waals surface area (Å²) in [6.07, 6.45) is 2.89. The number of aliphatic imine (C=N–C) groups is 1. The van der Waals surface area contributed by atoms with E-state index in [1.165, 1.54) is 11.1 Å². The molecule has 7 heteroatoms. The Hall–Kier alpha value is -2.29. The van der Waals surface area contributed by atoms with Crippen molar-refractivity contribution in [2.24, 2.45) is 4.99 Å². The molecular weight excluding hydrogens is 465 g/mol. The monoisotopic (exact) mass is 493 g/mol. The largest absolute Gasteiger partial charge is 0.492 e. The third kappa shape index (κ3) is 6.40. The zero-order valence-electron chi connectivity index (χ0n) is 16.4. The summed E-state index contributed by atoms with van der Waals surface area (Å²) in [7, 11) is 1.78. The summed E-state index contributed by atoms with van der Waals surface area (Å²) in [5.41, 5.74) is 3.44. The molecule has 2 N–H and O–H groups in total. The molecule has 1 heterocycles. The van der Waals surface area contributed by atoms with Crippen molar-refractivity contribution in [1.29, 1.82) is 0 Å². The lowest BCUT2D eigenvalue weighted by Gasteiger charge is -2.13. The van der Waals surface area contributed by atoms with E-state index in [0.717, 1.165) is 36.7 Å². The number of nitrogens with one attached hydrogen (secondary N) is 2. The first-order chi connectivity index (χ1) is 13.3. The number of hydrogen-bond acceptors (Lipinski definition) is 3. The van der Waals surface area contributed by atoms with Crippen LogP contribution in [0.15, 0.2) is 59.9 Å². The van der Waals surface area contributed by atoms with Crippen LogP contribution in [0.5, 0.6) is 5.75 Å². The molecule has 3 rings (SSSR count). The van der Waals surface area contributed by atoms with Gasteiger partial charge in [-0.25, -0.2) is 4.98 Å². The summed E-state index contributed by atoms with van der Waals surface area (Å²) in [6, 6.07) is 16.3. The third-order valence-electron chi connectivity index (χ3n) is 4.30. The predicted molar refractivity (Wildman–Crippen MR) is 126 cm³/mol. The van der Waals surface area contributed by atoms with Crippen LogP contribution in [-0.4, -0.2) is 42.3 Å². The van der Waals surface area contributed by atoms with Gasteiger partial charge >= 0.3 is 0 Å². The van der Waals surface area contributed by atoms with Crippen molar-refractivity contribution < 1.29 is 4.74 Å². The molecule has 0 unspecified atom stereocenters. The van der Waals surface area contributed by atoms with Crippen LogP contribution in [0.2, 0.25) is 0 Å². The molecule has 0 aliphatic heterocycles. The number of halogens is 1. The lowest BCUT2D eigenvalue weighted by atomic mass is 10.2. The molecule has 1 aromatic heterocycles. The van der Waals surface area contributed by atoms with Crippen molar-refractivity contribution in [3.05, 3.63) is 60.4 Å². The molecule has 0 aliphatic rings. The molecule has 0 radical (unpaired) electrons. The van der Waals surface area contributed by atoms with Crippen molar-refractivity contribution in [3.63, 3.8) is 0 Å². The van der Waals surface area contributed by atoms with Crippen LogP contribution in [0.3, 0.4) is 0 Å². The number of aryl methyl sites for hydroxylation is 2. The molecule has 0 atom stereocenters. The normalized spacial score (nSPS) is 11.1. The first kappa shape index (κ1) is 22.0. The zero-order valence-corrected chi connectivity index (χ0v) is 18.7. The van der Waals surface area contributed by atoms with E-state index in [1.54, 1.807) is 7.05 Å². The Morgan fingerprint density at radius 1 is 1.07 bits per heavy atom. The molecule has 0 saturated heterocycles. The molecule has 0 aliphatic carbocycles. The van der Waals surface area contributed by atoms with E-state index in [1.807, 2.05) is 48.8 Å². The number of hydrogen-bond donors (Lipinski definition) is 2. The van der Waals surface area contributed by atoms with Crippen LogP contribution in [0.1, 0.15) is 12.0 Å². The summed E-state index contributed by atoms with van der Waals surface area (Å²) in [5.74, 6) is 1.68. The fourth-order valence-corrected chi connectivity index (χ4v) is 2.84. The lowest BCUT2D eigenvalue weighted by Crippen LogP contribution is -2.39. The van der Waals surface area contributed by atoms with Crippen LogP contribution in [0, 0.1) is 6.92 Å². The molecule has 0 saturated carbocycles. The second-order valence-corrected chi connectivity index (χ2v) is 6.37. The Labute approximate surface area is 183 Å². The summed E-state index contributed by atoms with van der Waals surface area (Å²) in [6.45, 7) is 5.10. The van der Waals surface area contributed by atoms with Gasteiger partial charge in [-0.1, -0.05) is 29.8 Å². The number of para-hydroxylation sites is 2. The van der Waals surface area contributed by atoms with E-state index in [4.69, 9.17) is 4.74 Å². The molecule has 0 bridgehead atoms. The second kappa shape index (κ2) is 11.5. The van der Waals surface area contributed by atoms with Crippen LogP contribution in [0.4, 0.5) is 0 Å². The quantitative estimate of drug-likeness (QED) is 0.218. The van der Waals surface area contributed by atoms with Gasteiger partial charge in [0.05, 0.1) is 23.9 Å². The highest BCUT2D eigenvalue weighted by Gasteiger charge is 2.02. The van der Waals surface area contributed by atoms with E-state index >= 15 is 0 Å². The molecule has 0 fully saturated rings. The maximum absolute atomic E-state index is 5.72. The predicted octanol–water partition coefficient (Wildman–Crippen LogP) is 3.60. The highest BCUT2D eigenvalue weighted by atomic mass is 127. The Bertz CT molecular complexity index is 876. The topological polar surface area (TPSA) is 63.5 Å². The van der Waals surface area contributed by atoms with Gasteiger partial charge in [0, 0.05) is 20.1 Å². The van der Waals surface area contributed by atoms with E-state index in [0.29, 0.717) is 13.2 Å². The van der Waals surface area contributed by atoms with E-state index in [2.05, 4.69) is 38.2 Å². The number of guanidine groups is 1.